The molecule has 0 fully saturated rings. The van der Waals surface area contributed by atoms with Crippen LogP contribution in [0.25, 0.3) is 0 Å². The van der Waals surface area contributed by atoms with Crippen molar-refractivity contribution in [2.75, 3.05) is 13.2 Å². The third kappa shape index (κ3) is 3.87. The number of rotatable bonds is 7. The Balaban J connectivity index is 1.93. The zero-order valence-corrected chi connectivity index (χ0v) is 11.8. The molecule has 2 N–H and O–H groups in total. The lowest BCUT2D eigenvalue weighted by Crippen LogP contribution is -2.26. The first-order valence-corrected chi connectivity index (χ1v) is 8.08. The average molecular weight is 301 g/mol. The fourth-order valence-corrected chi connectivity index (χ4v) is 3.96. The second-order valence-corrected chi connectivity index (χ2v) is 7.02. The highest BCUT2D eigenvalue weighted by Crippen LogP contribution is 2.21. The number of hydrogen-bond donors (Lipinski definition) is 2. The van der Waals surface area contributed by atoms with Crippen LogP contribution in [0.1, 0.15) is 4.88 Å². The molecular formula is C11H15N3O3S2. The first kappa shape index (κ1) is 14.2. The Hall–Kier alpha value is -1.22. The molecule has 0 saturated heterocycles. The van der Waals surface area contributed by atoms with Gasteiger partial charge in [-0.1, -0.05) is 0 Å². The number of aromatic nitrogens is 2. The summed E-state index contributed by atoms with van der Waals surface area (Å²) in [5.41, 5.74) is 0. The smallest absolute Gasteiger partial charge is 0.250 e. The van der Waals surface area contributed by atoms with Gasteiger partial charge in [0.1, 0.15) is 4.21 Å². The van der Waals surface area contributed by atoms with Crippen molar-refractivity contribution < 1.29 is 13.5 Å². The lowest BCUT2D eigenvalue weighted by molar-refractivity contribution is 0.300. The van der Waals surface area contributed by atoms with E-state index in [1.807, 2.05) is 0 Å². The highest BCUT2D eigenvalue weighted by Gasteiger charge is 2.16. The van der Waals surface area contributed by atoms with E-state index in [1.54, 1.807) is 35.3 Å². The summed E-state index contributed by atoms with van der Waals surface area (Å²) in [5.74, 6) is 0. The molecule has 2 heterocycles. The second kappa shape index (κ2) is 6.29. The zero-order valence-electron chi connectivity index (χ0n) is 10.2. The fraction of sp³-hybridized carbons (Fsp3) is 0.364. The van der Waals surface area contributed by atoms with Crippen LogP contribution < -0.4 is 4.72 Å². The van der Waals surface area contributed by atoms with Crippen molar-refractivity contribution in [2.24, 2.45) is 0 Å². The van der Waals surface area contributed by atoms with Crippen LogP contribution in [0.4, 0.5) is 0 Å². The van der Waals surface area contributed by atoms with Crippen LogP contribution in [0.2, 0.25) is 0 Å². The Bertz CT molecular complexity index is 605. The van der Waals surface area contributed by atoms with E-state index >= 15 is 0 Å². The van der Waals surface area contributed by atoms with E-state index in [1.165, 1.54) is 11.3 Å². The maximum Gasteiger partial charge on any atom is 0.250 e. The molecule has 0 aliphatic rings. The quantitative estimate of drug-likeness (QED) is 0.778. The SMILES string of the molecule is O=S(=O)(NCCn1cccn1)c1ccc(CCO)s1. The van der Waals surface area contributed by atoms with Crippen molar-refractivity contribution in [3.8, 4) is 0 Å². The normalized spacial score (nSPS) is 11.8. The van der Waals surface area contributed by atoms with Gasteiger partial charge in [0.25, 0.3) is 0 Å². The summed E-state index contributed by atoms with van der Waals surface area (Å²) in [5, 5.41) is 12.8. The van der Waals surface area contributed by atoms with E-state index in [-0.39, 0.29) is 17.4 Å². The minimum atomic E-state index is -3.47. The third-order valence-corrected chi connectivity index (χ3v) is 5.55. The van der Waals surface area contributed by atoms with Crippen LogP contribution in [0.5, 0.6) is 0 Å². The van der Waals surface area contributed by atoms with Crippen LogP contribution in [-0.2, 0) is 23.0 Å². The standard InChI is InChI=1S/C11H15N3O3S2/c15-9-4-10-2-3-11(18-10)19(16,17)13-6-8-14-7-1-5-12-14/h1-3,5,7,13,15H,4,6,8-9H2. The number of nitrogens with one attached hydrogen (secondary N) is 1. The van der Waals surface area contributed by atoms with Crippen LogP contribution >= 0.6 is 11.3 Å². The monoisotopic (exact) mass is 301 g/mol. The summed E-state index contributed by atoms with van der Waals surface area (Å²) in [6.07, 6.45) is 3.90. The minimum Gasteiger partial charge on any atom is -0.396 e. The summed E-state index contributed by atoms with van der Waals surface area (Å²) < 4.78 is 28.4. The molecule has 2 aromatic heterocycles. The first-order valence-electron chi connectivity index (χ1n) is 5.78. The Labute approximate surface area is 115 Å². The third-order valence-electron chi connectivity index (χ3n) is 2.45. The molecule has 0 spiro atoms. The molecule has 0 aromatic carbocycles. The van der Waals surface area contributed by atoms with Gasteiger partial charge >= 0.3 is 0 Å². The second-order valence-electron chi connectivity index (χ2n) is 3.86. The summed E-state index contributed by atoms with van der Waals surface area (Å²) in [7, 11) is -3.47. The Morgan fingerprint density at radius 2 is 2.26 bits per heavy atom. The van der Waals surface area contributed by atoms with Crippen molar-refractivity contribution in [1.82, 2.24) is 14.5 Å². The molecule has 2 aromatic rings. The maximum atomic E-state index is 12.0. The molecule has 0 aliphatic carbocycles. The number of thiophene rings is 1. The van der Waals surface area contributed by atoms with Gasteiger partial charge in [0.2, 0.25) is 10.0 Å². The zero-order chi connectivity index (χ0) is 13.7. The first-order chi connectivity index (χ1) is 9.12. The van der Waals surface area contributed by atoms with Crippen molar-refractivity contribution in [3.63, 3.8) is 0 Å². The van der Waals surface area contributed by atoms with Crippen molar-refractivity contribution in [2.45, 2.75) is 17.2 Å². The van der Waals surface area contributed by atoms with E-state index in [0.29, 0.717) is 13.0 Å². The van der Waals surface area contributed by atoms with Gasteiger partial charge in [-0.25, -0.2) is 13.1 Å². The van der Waals surface area contributed by atoms with Gasteiger partial charge in [-0.3, -0.25) is 4.68 Å². The van der Waals surface area contributed by atoms with Crippen LogP contribution in [0.3, 0.4) is 0 Å². The van der Waals surface area contributed by atoms with Gasteiger partial charge in [-0.05, 0) is 18.2 Å². The lowest BCUT2D eigenvalue weighted by atomic mass is 10.4. The van der Waals surface area contributed by atoms with Gasteiger partial charge in [-0.15, -0.1) is 11.3 Å². The number of hydrogen-bond acceptors (Lipinski definition) is 5. The summed E-state index contributed by atoms with van der Waals surface area (Å²) in [6, 6.07) is 5.07. The summed E-state index contributed by atoms with van der Waals surface area (Å²) >= 11 is 1.18. The van der Waals surface area contributed by atoms with E-state index in [9.17, 15) is 8.42 Å². The van der Waals surface area contributed by atoms with Gasteiger partial charge in [0.15, 0.2) is 0 Å². The maximum absolute atomic E-state index is 12.0. The summed E-state index contributed by atoms with van der Waals surface area (Å²) in [6.45, 7) is 0.797. The predicted octanol–water partition coefficient (Wildman–Crippen LogP) is 0.458. The van der Waals surface area contributed by atoms with E-state index in [4.69, 9.17) is 5.11 Å². The van der Waals surface area contributed by atoms with Gasteiger partial charge in [0.05, 0.1) is 6.54 Å². The van der Waals surface area contributed by atoms with E-state index in [2.05, 4.69) is 9.82 Å². The number of sulfonamides is 1. The van der Waals surface area contributed by atoms with Gasteiger partial charge in [0, 0.05) is 36.8 Å². The molecule has 0 radical (unpaired) electrons. The Kier molecular flexibility index (Phi) is 4.70. The highest BCUT2D eigenvalue weighted by atomic mass is 32.2. The number of aliphatic hydroxyl groups excluding tert-OH is 1. The fourth-order valence-electron chi connectivity index (χ4n) is 1.55. The number of aliphatic hydroxyl groups is 1. The van der Waals surface area contributed by atoms with Crippen molar-refractivity contribution in [3.05, 3.63) is 35.5 Å². The van der Waals surface area contributed by atoms with Gasteiger partial charge in [-0.2, -0.15) is 5.10 Å². The Morgan fingerprint density at radius 1 is 1.42 bits per heavy atom. The molecule has 0 amide bonds. The largest absolute Gasteiger partial charge is 0.396 e. The highest BCUT2D eigenvalue weighted by molar-refractivity contribution is 7.91. The summed E-state index contributed by atoms with van der Waals surface area (Å²) in [4.78, 5) is 0.856. The van der Waals surface area contributed by atoms with Gasteiger partial charge < -0.3 is 5.11 Å². The molecule has 0 saturated carbocycles. The molecular weight excluding hydrogens is 286 g/mol. The lowest BCUT2D eigenvalue weighted by Gasteiger charge is -2.04. The van der Waals surface area contributed by atoms with E-state index in [0.717, 1.165) is 4.88 Å². The molecule has 0 unspecified atom stereocenters. The molecule has 2 rings (SSSR count). The molecule has 0 aliphatic heterocycles. The molecule has 19 heavy (non-hydrogen) atoms. The van der Waals surface area contributed by atoms with E-state index < -0.39 is 10.0 Å². The van der Waals surface area contributed by atoms with Crippen LogP contribution in [0.15, 0.2) is 34.8 Å². The molecule has 104 valence electrons. The predicted molar refractivity (Wildman–Crippen MR) is 72.5 cm³/mol. The Morgan fingerprint density at radius 3 is 2.95 bits per heavy atom. The van der Waals surface area contributed by atoms with Crippen molar-refractivity contribution >= 4 is 21.4 Å². The minimum absolute atomic E-state index is 0.0206. The van der Waals surface area contributed by atoms with Crippen LogP contribution in [-0.4, -0.2) is 36.5 Å². The molecule has 0 atom stereocenters. The number of nitrogens with zero attached hydrogens (tertiary/aromatic N) is 2. The topological polar surface area (TPSA) is 84.2 Å². The average Bonchev–Trinajstić information content (AvgIpc) is 3.00. The van der Waals surface area contributed by atoms with Crippen molar-refractivity contribution in [1.29, 1.82) is 0 Å². The molecule has 0 bridgehead atoms. The van der Waals surface area contributed by atoms with Crippen LogP contribution in [0, 0.1) is 0 Å². The molecule has 6 nitrogen and oxygen atoms in total. The molecule has 8 heteroatoms.